The summed E-state index contributed by atoms with van der Waals surface area (Å²) in [5.74, 6) is -1.28. The zero-order valence-corrected chi connectivity index (χ0v) is 13.6. The van der Waals surface area contributed by atoms with Crippen LogP contribution >= 0.6 is 0 Å². The summed E-state index contributed by atoms with van der Waals surface area (Å²) in [7, 11) is 0. The Balaban J connectivity index is 1.83. The average molecular weight is 376 g/mol. The van der Waals surface area contributed by atoms with Crippen LogP contribution in [0.4, 0.5) is 23.2 Å². The highest BCUT2D eigenvalue weighted by Crippen LogP contribution is 2.30. The number of halogens is 4. The molecule has 0 atom stereocenters. The Morgan fingerprint density at radius 3 is 2.30 bits per heavy atom. The maximum Gasteiger partial charge on any atom is 0.416 e. The van der Waals surface area contributed by atoms with Crippen LogP contribution in [0.15, 0.2) is 65.5 Å². The van der Waals surface area contributed by atoms with Crippen molar-refractivity contribution in [3.8, 4) is 11.3 Å². The first-order valence-electron chi connectivity index (χ1n) is 7.72. The van der Waals surface area contributed by atoms with Gasteiger partial charge in [0.2, 0.25) is 0 Å². The van der Waals surface area contributed by atoms with Crippen molar-refractivity contribution >= 4 is 11.6 Å². The first-order valence-corrected chi connectivity index (χ1v) is 7.72. The van der Waals surface area contributed by atoms with Gasteiger partial charge >= 0.3 is 6.18 Å². The van der Waals surface area contributed by atoms with Crippen molar-refractivity contribution in [1.29, 1.82) is 0 Å². The topological polar surface area (TPSA) is 62.0 Å². The predicted molar refractivity (Wildman–Crippen MR) is 91.9 cm³/mol. The number of carbonyl (C=O) groups excluding carboxylic acids is 1. The molecular weight excluding hydrogens is 364 g/mol. The van der Waals surface area contributed by atoms with E-state index in [0.29, 0.717) is 11.3 Å². The quantitative estimate of drug-likeness (QED) is 0.664. The SMILES string of the molecule is O=C(Nc1cccc(C(F)(F)F)c1)c1ccc(-c2ccc(F)cc2)[nH]c1=O. The number of hydrogen-bond donors (Lipinski definition) is 2. The molecule has 0 unspecified atom stereocenters. The maximum absolute atomic E-state index is 13.0. The van der Waals surface area contributed by atoms with Gasteiger partial charge in [-0.1, -0.05) is 6.07 Å². The zero-order chi connectivity index (χ0) is 19.6. The molecule has 0 saturated heterocycles. The smallest absolute Gasteiger partial charge is 0.322 e. The highest BCUT2D eigenvalue weighted by atomic mass is 19.4. The van der Waals surface area contributed by atoms with Gasteiger partial charge in [0.05, 0.1) is 5.56 Å². The minimum Gasteiger partial charge on any atom is -0.322 e. The Morgan fingerprint density at radius 2 is 1.67 bits per heavy atom. The molecule has 0 saturated carbocycles. The van der Waals surface area contributed by atoms with Crippen LogP contribution in [0.3, 0.4) is 0 Å². The number of pyridine rings is 1. The van der Waals surface area contributed by atoms with Crippen LogP contribution in [0.2, 0.25) is 0 Å². The van der Waals surface area contributed by atoms with Crippen LogP contribution < -0.4 is 10.9 Å². The van der Waals surface area contributed by atoms with E-state index in [1.165, 1.54) is 42.5 Å². The van der Waals surface area contributed by atoms with Gasteiger partial charge in [0.15, 0.2) is 0 Å². The summed E-state index contributed by atoms with van der Waals surface area (Å²) in [5, 5.41) is 2.27. The molecule has 0 bridgehead atoms. The minimum atomic E-state index is -4.55. The Bertz CT molecular complexity index is 1040. The summed E-state index contributed by atoms with van der Waals surface area (Å²) in [5.41, 5.74) is -1.08. The van der Waals surface area contributed by atoms with Gasteiger partial charge < -0.3 is 10.3 Å². The van der Waals surface area contributed by atoms with Gasteiger partial charge in [0, 0.05) is 11.4 Å². The fourth-order valence-electron chi connectivity index (χ4n) is 2.42. The average Bonchev–Trinajstić information content (AvgIpc) is 2.61. The number of anilines is 1. The second-order valence-electron chi connectivity index (χ2n) is 5.65. The van der Waals surface area contributed by atoms with Gasteiger partial charge in [-0.2, -0.15) is 13.2 Å². The van der Waals surface area contributed by atoms with Crippen molar-refractivity contribution in [1.82, 2.24) is 4.98 Å². The molecule has 27 heavy (non-hydrogen) atoms. The Hall–Kier alpha value is -3.42. The number of aromatic amines is 1. The summed E-state index contributed by atoms with van der Waals surface area (Å²) in [6.45, 7) is 0. The molecule has 0 aliphatic rings. The summed E-state index contributed by atoms with van der Waals surface area (Å²) in [6, 6.07) is 12.2. The summed E-state index contributed by atoms with van der Waals surface area (Å²) in [6.07, 6.45) is -4.55. The van der Waals surface area contributed by atoms with Crippen molar-refractivity contribution in [2.75, 3.05) is 5.32 Å². The number of amides is 1. The molecule has 0 spiro atoms. The first-order chi connectivity index (χ1) is 12.7. The van der Waals surface area contributed by atoms with Crippen molar-refractivity contribution < 1.29 is 22.4 Å². The lowest BCUT2D eigenvalue weighted by atomic mass is 10.1. The fourth-order valence-corrected chi connectivity index (χ4v) is 2.42. The van der Waals surface area contributed by atoms with E-state index in [1.807, 2.05) is 0 Å². The van der Waals surface area contributed by atoms with Crippen molar-refractivity contribution in [3.05, 3.63) is 88.0 Å². The summed E-state index contributed by atoms with van der Waals surface area (Å²) >= 11 is 0. The van der Waals surface area contributed by atoms with Gasteiger partial charge in [0.25, 0.3) is 11.5 Å². The Morgan fingerprint density at radius 1 is 0.963 bits per heavy atom. The molecule has 2 N–H and O–H groups in total. The minimum absolute atomic E-state index is 0.0863. The highest BCUT2D eigenvalue weighted by Gasteiger charge is 2.30. The number of benzene rings is 2. The lowest BCUT2D eigenvalue weighted by Gasteiger charge is -2.10. The molecule has 3 aromatic rings. The first kappa shape index (κ1) is 18.4. The fraction of sp³-hybridized carbons (Fsp3) is 0.0526. The van der Waals surface area contributed by atoms with E-state index in [9.17, 15) is 27.2 Å². The zero-order valence-electron chi connectivity index (χ0n) is 13.6. The number of hydrogen-bond acceptors (Lipinski definition) is 2. The van der Waals surface area contributed by atoms with Crippen LogP contribution in [0.1, 0.15) is 15.9 Å². The van der Waals surface area contributed by atoms with Crippen molar-refractivity contribution in [3.63, 3.8) is 0 Å². The number of aromatic nitrogens is 1. The van der Waals surface area contributed by atoms with E-state index in [4.69, 9.17) is 0 Å². The summed E-state index contributed by atoms with van der Waals surface area (Å²) < 4.78 is 51.2. The maximum atomic E-state index is 13.0. The molecule has 4 nitrogen and oxygen atoms in total. The van der Waals surface area contributed by atoms with Crippen molar-refractivity contribution in [2.45, 2.75) is 6.18 Å². The van der Waals surface area contributed by atoms with E-state index in [-0.39, 0.29) is 11.3 Å². The van der Waals surface area contributed by atoms with E-state index in [0.717, 1.165) is 18.2 Å². The van der Waals surface area contributed by atoms with Crippen LogP contribution in [0.25, 0.3) is 11.3 Å². The number of H-pyrrole nitrogens is 1. The molecule has 0 aliphatic heterocycles. The predicted octanol–water partition coefficient (Wildman–Crippen LogP) is 4.45. The highest BCUT2D eigenvalue weighted by molar-refractivity contribution is 6.04. The van der Waals surface area contributed by atoms with Crippen molar-refractivity contribution in [2.24, 2.45) is 0 Å². The molecule has 2 aromatic carbocycles. The second-order valence-corrected chi connectivity index (χ2v) is 5.65. The van der Waals surface area contributed by atoms with E-state index in [1.54, 1.807) is 0 Å². The van der Waals surface area contributed by atoms with Gasteiger partial charge in [-0.25, -0.2) is 4.39 Å². The number of nitrogens with one attached hydrogen (secondary N) is 2. The third-order valence-corrected chi connectivity index (χ3v) is 3.76. The largest absolute Gasteiger partial charge is 0.416 e. The van der Waals surface area contributed by atoms with Gasteiger partial charge in [-0.05, 0) is 60.2 Å². The van der Waals surface area contributed by atoms with Gasteiger partial charge in [-0.3, -0.25) is 9.59 Å². The molecule has 0 fully saturated rings. The molecule has 3 rings (SSSR count). The Labute approximate surface area is 150 Å². The summed E-state index contributed by atoms with van der Waals surface area (Å²) in [4.78, 5) is 26.9. The molecule has 8 heteroatoms. The normalized spacial score (nSPS) is 11.3. The molecule has 0 radical (unpaired) electrons. The lowest BCUT2D eigenvalue weighted by Crippen LogP contribution is -2.23. The number of alkyl halides is 3. The molecule has 1 heterocycles. The van der Waals surface area contributed by atoms with E-state index in [2.05, 4.69) is 10.3 Å². The molecule has 138 valence electrons. The molecular formula is C19H12F4N2O2. The standard InChI is InChI=1S/C19H12F4N2O2/c20-13-6-4-11(5-7-13)16-9-8-15(18(27)25-16)17(26)24-14-3-1-2-12(10-14)19(21,22)23/h1-10H,(H,24,26)(H,25,27). The molecule has 1 amide bonds. The van der Waals surface area contributed by atoms with Gasteiger partial charge in [-0.15, -0.1) is 0 Å². The third-order valence-electron chi connectivity index (χ3n) is 3.76. The Kier molecular flexibility index (Phi) is 4.81. The van der Waals surface area contributed by atoms with Crippen LogP contribution in [0.5, 0.6) is 0 Å². The van der Waals surface area contributed by atoms with Crippen LogP contribution in [-0.4, -0.2) is 10.9 Å². The monoisotopic (exact) mass is 376 g/mol. The van der Waals surface area contributed by atoms with E-state index < -0.39 is 29.0 Å². The van der Waals surface area contributed by atoms with Gasteiger partial charge in [0.1, 0.15) is 11.4 Å². The van der Waals surface area contributed by atoms with E-state index >= 15 is 0 Å². The molecule has 1 aromatic heterocycles. The number of carbonyl (C=O) groups is 1. The molecule has 0 aliphatic carbocycles. The van der Waals surface area contributed by atoms with Crippen LogP contribution in [-0.2, 0) is 6.18 Å². The second kappa shape index (κ2) is 7.06. The lowest BCUT2D eigenvalue weighted by molar-refractivity contribution is -0.137. The van der Waals surface area contributed by atoms with Crippen LogP contribution in [0, 0.1) is 5.82 Å². The number of rotatable bonds is 3. The third kappa shape index (κ3) is 4.22.